The molecule has 1 aliphatic carbocycles. The lowest BCUT2D eigenvalue weighted by Gasteiger charge is -2.15. The number of ether oxygens (including phenoxy) is 2. The van der Waals surface area contributed by atoms with Gasteiger partial charge in [-0.05, 0) is 30.5 Å². The number of rotatable bonds is 3. The molecule has 2 aliphatic rings. The van der Waals surface area contributed by atoms with Crippen LogP contribution >= 0.6 is 23.4 Å². The molecule has 0 spiro atoms. The normalized spacial score (nSPS) is 15.0. The molecule has 1 aromatic carbocycles. The number of aryl methyl sites for hydroxylation is 1. The van der Waals surface area contributed by atoms with E-state index in [1.54, 1.807) is 12.1 Å². The van der Waals surface area contributed by atoms with Crippen LogP contribution in [0.1, 0.15) is 40.0 Å². The summed E-state index contributed by atoms with van der Waals surface area (Å²) in [5.74, 6) is 1.93. The number of thioether (sulfide) groups is 1. The van der Waals surface area contributed by atoms with Crippen LogP contribution in [0.2, 0.25) is 5.02 Å². The van der Waals surface area contributed by atoms with E-state index >= 15 is 0 Å². The number of ketones is 1. The fraction of sp³-hybridized carbons (Fsp3) is 0.278. The van der Waals surface area contributed by atoms with E-state index in [2.05, 4.69) is 11.1 Å². The molecule has 126 valence electrons. The Morgan fingerprint density at radius 1 is 1.24 bits per heavy atom. The number of pyridine rings is 1. The molecule has 0 radical (unpaired) electrons. The fourth-order valence-electron chi connectivity index (χ4n) is 2.92. The zero-order chi connectivity index (χ0) is 17.4. The first kappa shape index (κ1) is 16.2. The number of Topliss-reactive ketones (excluding diaryl/α,β-unsaturated/α-hetero) is 1. The number of nitriles is 1. The van der Waals surface area contributed by atoms with Gasteiger partial charge in [-0.25, -0.2) is 4.98 Å². The molecule has 4 rings (SSSR count). The van der Waals surface area contributed by atoms with Crippen LogP contribution in [-0.2, 0) is 12.2 Å². The lowest BCUT2D eigenvalue weighted by Crippen LogP contribution is -2.13. The third kappa shape index (κ3) is 3.06. The molecule has 25 heavy (non-hydrogen) atoms. The summed E-state index contributed by atoms with van der Waals surface area (Å²) in [7, 11) is 0. The number of nitrogens with zero attached hydrogens (tertiary/aromatic N) is 2. The van der Waals surface area contributed by atoms with Crippen LogP contribution < -0.4 is 9.47 Å². The zero-order valence-corrected chi connectivity index (χ0v) is 14.7. The summed E-state index contributed by atoms with van der Waals surface area (Å²) in [6.45, 7) is 0.196. The van der Waals surface area contributed by atoms with Crippen molar-refractivity contribution in [1.82, 2.24) is 4.98 Å². The van der Waals surface area contributed by atoms with Crippen LogP contribution in [0.25, 0.3) is 0 Å². The maximum atomic E-state index is 12.0. The van der Waals surface area contributed by atoms with Gasteiger partial charge in [0.25, 0.3) is 0 Å². The number of hydrogen-bond donors (Lipinski definition) is 0. The van der Waals surface area contributed by atoms with Gasteiger partial charge in [-0.2, -0.15) is 5.26 Å². The predicted octanol–water partition coefficient (Wildman–Crippen LogP) is 4.15. The molecule has 0 bridgehead atoms. The van der Waals surface area contributed by atoms with E-state index in [1.807, 2.05) is 6.07 Å². The number of fused-ring (bicyclic) bond motifs is 2. The van der Waals surface area contributed by atoms with Crippen molar-refractivity contribution in [3.63, 3.8) is 0 Å². The number of hydrogen-bond acceptors (Lipinski definition) is 6. The molecular weight excluding hydrogens is 360 g/mol. The van der Waals surface area contributed by atoms with Gasteiger partial charge in [-0.3, -0.25) is 4.79 Å². The number of carbonyl (C=O) groups excluding carboxylic acids is 1. The van der Waals surface area contributed by atoms with Crippen molar-refractivity contribution >= 4 is 29.1 Å². The monoisotopic (exact) mass is 372 g/mol. The second kappa shape index (κ2) is 6.58. The Bertz CT molecular complexity index is 924. The lowest BCUT2D eigenvalue weighted by atomic mass is 9.94. The molecule has 0 saturated carbocycles. The van der Waals surface area contributed by atoms with Crippen molar-refractivity contribution in [2.24, 2.45) is 0 Å². The minimum Gasteiger partial charge on any atom is -0.454 e. The molecule has 0 amide bonds. The minimum atomic E-state index is 0.0700. The summed E-state index contributed by atoms with van der Waals surface area (Å²) in [5, 5.41) is 10.6. The third-order valence-corrected chi connectivity index (χ3v) is 5.60. The Labute approximate surface area is 153 Å². The smallest absolute Gasteiger partial charge is 0.231 e. The van der Waals surface area contributed by atoms with Crippen LogP contribution in [0, 0.1) is 11.3 Å². The van der Waals surface area contributed by atoms with Gasteiger partial charge >= 0.3 is 0 Å². The maximum Gasteiger partial charge on any atom is 0.231 e. The van der Waals surface area contributed by atoms with Gasteiger partial charge in [0.15, 0.2) is 17.3 Å². The first-order chi connectivity index (χ1) is 12.2. The van der Waals surface area contributed by atoms with E-state index in [0.29, 0.717) is 44.8 Å². The minimum absolute atomic E-state index is 0.0700. The summed E-state index contributed by atoms with van der Waals surface area (Å²) in [4.78, 5) is 16.6. The van der Waals surface area contributed by atoms with Crippen molar-refractivity contribution in [2.75, 3.05) is 6.79 Å². The highest BCUT2D eigenvalue weighted by Gasteiger charge is 2.22. The molecular formula is C18H13ClN2O3S. The fourth-order valence-corrected chi connectivity index (χ4v) is 4.19. The van der Waals surface area contributed by atoms with Crippen LogP contribution in [-0.4, -0.2) is 17.6 Å². The molecule has 0 unspecified atom stereocenters. The average Bonchev–Trinajstić information content (AvgIpc) is 3.06. The number of benzene rings is 1. The molecule has 1 aliphatic heterocycles. The zero-order valence-electron chi connectivity index (χ0n) is 13.2. The lowest BCUT2D eigenvalue weighted by molar-refractivity contribution is 0.0971. The number of halogens is 1. The molecule has 5 nitrogen and oxygen atoms in total. The molecule has 2 aromatic rings. The van der Waals surface area contributed by atoms with E-state index in [1.165, 1.54) is 11.8 Å². The molecule has 7 heteroatoms. The Morgan fingerprint density at radius 3 is 2.84 bits per heavy atom. The summed E-state index contributed by atoms with van der Waals surface area (Å²) < 4.78 is 10.7. The van der Waals surface area contributed by atoms with Gasteiger partial charge in [0.2, 0.25) is 6.79 Å². The van der Waals surface area contributed by atoms with Crippen LogP contribution in [0.3, 0.4) is 0 Å². The van der Waals surface area contributed by atoms with Crippen molar-refractivity contribution < 1.29 is 14.3 Å². The van der Waals surface area contributed by atoms with Crippen molar-refractivity contribution in [2.45, 2.75) is 30.0 Å². The summed E-state index contributed by atoms with van der Waals surface area (Å²) in [6.07, 6.45) is 2.10. The largest absolute Gasteiger partial charge is 0.454 e. The second-order valence-corrected chi connectivity index (χ2v) is 7.18. The van der Waals surface area contributed by atoms with Gasteiger partial charge in [-0.1, -0.05) is 11.6 Å². The second-order valence-electron chi connectivity index (χ2n) is 5.81. The first-order valence-electron chi connectivity index (χ1n) is 7.84. The molecule has 0 atom stereocenters. The predicted molar refractivity (Wildman–Crippen MR) is 93.4 cm³/mol. The first-order valence-corrected chi connectivity index (χ1v) is 9.20. The van der Waals surface area contributed by atoms with Crippen molar-refractivity contribution in [1.29, 1.82) is 5.26 Å². The van der Waals surface area contributed by atoms with E-state index in [9.17, 15) is 10.1 Å². The topological polar surface area (TPSA) is 72.2 Å². The van der Waals surface area contributed by atoms with Crippen molar-refractivity contribution in [3.8, 4) is 17.6 Å². The Hall–Kier alpha value is -2.23. The van der Waals surface area contributed by atoms with Gasteiger partial charge < -0.3 is 9.47 Å². The summed E-state index contributed by atoms with van der Waals surface area (Å²) in [5.41, 5.74) is 2.69. The third-order valence-electron chi connectivity index (χ3n) is 4.21. The van der Waals surface area contributed by atoms with Gasteiger partial charge in [0, 0.05) is 28.8 Å². The highest BCUT2D eigenvalue weighted by atomic mass is 35.5. The molecule has 1 aromatic heterocycles. The summed E-state index contributed by atoms with van der Waals surface area (Å²) >= 11 is 7.74. The SMILES string of the molecule is N#Cc1cc2c(nc1SCc1cc3c(cc1Cl)OCO3)CCCC2=O. The highest BCUT2D eigenvalue weighted by Crippen LogP contribution is 2.39. The van der Waals surface area contributed by atoms with E-state index in [-0.39, 0.29) is 12.6 Å². The Kier molecular flexibility index (Phi) is 4.28. The number of carbonyl (C=O) groups is 1. The quantitative estimate of drug-likeness (QED) is 0.754. The van der Waals surface area contributed by atoms with E-state index in [4.69, 9.17) is 21.1 Å². The van der Waals surface area contributed by atoms with Crippen molar-refractivity contribution in [3.05, 3.63) is 45.6 Å². The van der Waals surface area contributed by atoms with Crippen LogP contribution in [0.4, 0.5) is 0 Å². The maximum absolute atomic E-state index is 12.0. The van der Waals surface area contributed by atoms with Gasteiger partial charge in [-0.15, -0.1) is 11.8 Å². The van der Waals surface area contributed by atoms with E-state index in [0.717, 1.165) is 24.1 Å². The molecule has 2 heterocycles. The highest BCUT2D eigenvalue weighted by molar-refractivity contribution is 7.98. The van der Waals surface area contributed by atoms with Gasteiger partial charge in [0.1, 0.15) is 11.1 Å². The Morgan fingerprint density at radius 2 is 2.04 bits per heavy atom. The standard InChI is InChI=1S/C18H13ClN2O3S/c19-13-6-17-16(23-9-24-17)5-11(13)8-25-18-10(7-20)4-12-14(21-18)2-1-3-15(12)22/h4-6H,1-3,8-9H2. The van der Waals surface area contributed by atoms with Crippen LogP contribution in [0.15, 0.2) is 23.2 Å². The van der Waals surface area contributed by atoms with Gasteiger partial charge in [0.05, 0.1) is 11.3 Å². The Balaban J connectivity index is 1.61. The molecule has 0 fully saturated rings. The number of aromatic nitrogens is 1. The summed E-state index contributed by atoms with van der Waals surface area (Å²) in [6, 6.07) is 7.41. The molecule has 0 saturated heterocycles. The molecule has 0 N–H and O–H groups in total. The average molecular weight is 373 g/mol. The van der Waals surface area contributed by atoms with Crippen LogP contribution in [0.5, 0.6) is 11.5 Å². The van der Waals surface area contributed by atoms with E-state index < -0.39 is 0 Å².